The molecule has 53 nitrogen and oxygen atoms in total. The number of ether oxygens (including phenoxy) is 8. The van der Waals surface area contributed by atoms with Gasteiger partial charge in [-0.3, -0.25) is 70.8 Å². The van der Waals surface area contributed by atoms with Crippen LogP contribution in [0.3, 0.4) is 0 Å². The van der Waals surface area contributed by atoms with Gasteiger partial charge in [0.05, 0.1) is 56.9 Å². The number of nitrogen functional groups attached to an aromatic ring is 5. The molecule has 0 fully saturated rings. The number of hydrogen-bond acceptors (Lipinski definition) is 46. The third-order valence-corrected chi connectivity index (χ3v) is 18.2. The number of aryl methyl sites for hydroxylation is 1. The number of anilines is 19. The van der Waals surface area contributed by atoms with Crippen molar-refractivity contribution >= 4 is 154 Å². The molecule has 16 aromatic rings. The van der Waals surface area contributed by atoms with Crippen molar-refractivity contribution in [2.75, 3.05) is 170 Å². The highest BCUT2D eigenvalue weighted by molar-refractivity contribution is 6.07. The first-order valence-corrected chi connectivity index (χ1v) is 42.9. The third kappa shape index (κ3) is 35.3. The second-order valence-corrected chi connectivity index (χ2v) is 28.4. The molecule has 0 radical (unpaired) electrons. The van der Waals surface area contributed by atoms with Gasteiger partial charge in [0.2, 0.25) is 101 Å². The Kier molecular flexibility index (Phi) is 40.6. The minimum Gasteiger partial charge on any atom is -0.497 e. The number of methoxy groups -OCH3 is 8. The zero-order valence-electron chi connectivity index (χ0n) is 80.5. The van der Waals surface area contributed by atoms with Crippen molar-refractivity contribution in [2.24, 2.45) is 0 Å². The number of aromatic nitrogens is 21. The summed E-state index contributed by atoms with van der Waals surface area (Å²) in [4.78, 5) is 167. The summed E-state index contributed by atoms with van der Waals surface area (Å²) in [7, 11) is 16.8. The van der Waals surface area contributed by atoms with Crippen LogP contribution in [0.5, 0.6) is 47.0 Å². The molecule has 7 heterocycles. The van der Waals surface area contributed by atoms with Crippen LogP contribution in [-0.4, -0.2) is 224 Å². The van der Waals surface area contributed by atoms with E-state index in [-0.39, 0.29) is 149 Å². The van der Waals surface area contributed by atoms with Crippen LogP contribution in [0.1, 0.15) is 78.1 Å². The predicted molar refractivity (Wildman–Crippen MR) is 547 cm³/mol. The van der Waals surface area contributed by atoms with Crippen molar-refractivity contribution in [2.45, 2.75) is 6.92 Å². The Morgan fingerprint density at radius 1 is 0.204 bits per heavy atom. The van der Waals surface area contributed by atoms with Crippen molar-refractivity contribution in [1.29, 1.82) is 0 Å². The Hall–Kier alpha value is -21.3. The Balaban J connectivity index is 0.000000176. The summed E-state index contributed by atoms with van der Waals surface area (Å²) in [5, 5.41) is 32.4. The fourth-order valence-electron chi connectivity index (χ4n) is 11.3. The fourth-order valence-corrected chi connectivity index (χ4v) is 11.3. The molecule has 7 aromatic heterocycles. The van der Waals surface area contributed by atoms with E-state index in [4.69, 9.17) is 66.6 Å². The smallest absolute Gasteiger partial charge is 0.322 e. The van der Waals surface area contributed by atoms with Gasteiger partial charge in [-0.25, -0.2) is 0 Å². The van der Waals surface area contributed by atoms with Crippen LogP contribution in [-0.2, 0) is 0 Å². The molecular weight excluding hydrogens is 1900 g/mol. The highest BCUT2D eigenvalue weighted by Crippen LogP contribution is 2.24. The Morgan fingerprint density at radius 3 is 0.714 bits per heavy atom. The average molecular weight is 2000 g/mol. The molecule has 754 valence electrons. The molecular formula is C94H98N38O15. The molecule has 0 aliphatic carbocycles. The Morgan fingerprint density at radius 2 is 0.415 bits per heavy atom. The van der Waals surface area contributed by atoms with E-state index in [0.29, 0.717) is 73.8 Å². The average Bonchev–Trinajstić information content (AvgIpc) is 0.887. The van der Waals surface area contributed by atoms with E-state index in [1.165, 1.54) is 42.7 Å². The quantitative estimate of drug-likeness (QED) is 0.0207. The lowest BCUT2D eigenvalue weighted by Gasteiger charge is -2.09. The molecule has 0 unspecified atom stereocenters. The molecule has 0 saturated heterocycles. The van der Waals surface area contributed by atoms with Crippen molar-refractivity contribution in [3.8, 4) is 47.0 Å². The number of rotatable bonds is 29. The van der Waals surface area contributed by atoms with Gasteiger partial charge in [-0.1, -0.05) is 103 Å². The largest absolute Gasteiger partial charge is 0.497 e. The van der Waals surface area contributed by atoms with Crippen molar-refractivity contribution in [1.82, 2.24) is 105 Å². The SMILES string of the molecule is CNc1nc(N)nc(NC(=O)c2ccc(OC)cc2)n1.CNc1nc(N)nc(NC(=O)c2cccc(OC)c2)n1.CNc1nc(NC(=O)c2ccccc2)nc(Nc2ccccc2)n1.COc1ccc(C(=O)Nc2nc(N)nc(OC)n2)cc1.COc1cccc(C(=O)Nc2nc(N)nc(OC)n2)c1.COc1nc(N)nc(NC(=O)c2ccc(C)cc2)n1.COc1nc(NC(=O)c2ccccc2)nc(Nc2ccccc2)n1. The maximum Gasteiger partial charge on any atom is 0.322 e. The normalized spacial score (nSPS) is 9.96. The summed E-state index contributed by atoms with van der Waals surface area (Å²) in [5.41, 5.74) is 33.5. The van der Waals surface area contributed by atoms with Gasteiger partial charge in [-0.15, -0.1) is 0 Å². The molecule has 0 atom stereocenters. The minimum atomic E-state index is -0.392. The Bertz CT molecular complexity index is 6720. The third-order valence-electron chi connectivity index (χ3n) is 18.2. The van der Waals surface area contributed by atoms with Crippen LogP contribution in [0, 0.1) is 6.92 Å². The van der Waals surface area contributed by atoms with E-state index in [1.807, 2.05) is 91.9 Å². The maximum absolute atomic E-state index is 12.2. The fraction of sp³-hybridized carbons (Fsp3) is 0.128. The first kappa shape index (κ1) is 108. The van der Waals surface area contributed by atoms with Gasteiger partial charge < -0.3 is 93.1 Å². The van der Waals surface area contributed by atoms with Gasteiger partial charge in [0.25, 0.3) is 41.4 Å². The summed E-state index contributed by atoms with van der Waals surface area (Å²) in [6.45, 7) is 1.94. The first-order chi connectivity index (χ1) is 71.0. The van der Waals surface area contributed by atoms with Gasteiger partial charge >= 0.3 is 24.0 Å². The highest BCUT2D eigenvalue weighted by Gasteiger charge is 2.20. The second-order valence-electron chi connectivity index (χ2n) is 28.4. The number of nitrogens with zero attached hydrogens (tertiary/aromatic N) is 21. The van der Waals surface area contributed by atoms with Crippen LogP contribution in [0.15, 0.2) is 243 Å². The predicted octanol–water partition coefficient (Wildman–Crippen LogP) is 9.77. The van der Waals surface area contributed by atoms with E-state index in [1.54, 1.807) is 193 Å². The number of para-hydroxylation sites is 2. The second kappa shape index (κ2) is 55.4. The van der Waals surface area contributed by atoms with Crippen molar-refractivity contribution in [3.05, 3.63) is 287 Å². The van der Waals surface area contributed by atoms with Crippen LogP contribution in [0.25, 0.3) is 0 Å². The monoisotopic (exact) mass is 2000 g/mol. The number of carbonyl (C=O) groups excluding carboxylic acids is 7. The topological polar surface area (TPSA) is 738 Å². The molecule has 0 aliphatic heterocycles. The maximum atomic E-state index is 12.2. The first-order valence-electron chi connectivity index (χ1n) is 42.9. The summed E-state index contributed by atoms with van der Waals surface area (Å²) < 4.78 is 39.7. The zero-order chi connectivity index (χ0) is 106. The number of nitrogens with one attached hydrogen (secondary N) is 12. The van der Waals surface area contributed by atoms with Crippen LogP contribution in [0.2, 0.25) is 0 Å². The molecule has 7 amide bonds. The van der Waals surface area contributed by atoms with Crippen molar-refractivity contribution in [3.63, 3.8) is 0 Å². The molecule has 16 rings (SSSR count). The molecule has 9 aromatic carbocycles. The van der Waals surface area contributed by atoms with Crippen LogP contribution in [0.4, 0.5) is 112 Å². The molecule has 0 saturated carbocycles. The van der Waals surface area contributed by atoms with Crippen LogP contribution >= 0.6 is 0 Å². The Labute approximate surface area is 837 Å². The van der Waals surface area contributed by atoms with Crippen LogP contribution < -0.4 is 130 Å². The lowest BCUT2D eigenvalue weighted by atomic mass is 10.1. The summed E-state index contributed by atoms with van der Waals surface area (Å²) in [5.74, 6) is 2.08. The number of benzene rings is 9. The number of amides is 7. The summed E-state index contributed by atoms with van der Waals surface area (Å²) in [6.07, 6.45) is 0. The molecule has 0 spiro atoms. The van der Waals surface area contributed by atoms with Gasteiger partial charge in [0.1, 0.15) is 23.0 Å². The van der Waals surface area contributed by atoms with Crippen molar-refractivity contribution < 1.29 is 71.5 Å². The van der Waals surface area contributed by atoms with Gasteiger partial charge in [-0.2, -0.15) is 105 Å². The summed E-state index contributed by atoms with van der Waals surface area (Å²) >= 11 is 0. The van der Waals surface area contributed by atoms with E-state index in [0.717, 1.165) is 16.9 Å². The number of nitrogens with two attached hydrogens (primary N) is 5. The molecule has 147 heavy (non-hydrogen) atoms. The van der Waals surface area contributed by atoms with E-state index >= 15 is 0 Å². The van der Waals surface area contributed by atoms with E-state index in [9.17, 15) is 33.6 Å². The van der Waals surface area contributed by atoms with Gasteiger partial charge in [0.15, 0.2) is 0 Å². The highest BCUT2D eigenvalue weighted by atomic mass is 16.5. The molecule has 0 bridgehead atoms. The molecule has 0 aliphatic rings. The molecule has 53 heteroatoms. The lowest BCUT2D eigenvalue weighted by Crippen LogP contribution is -2.16. The zero-order valence-corrected chi connectivity index (χ0v) is 80.5. The van der Waals surface area contributed by atoms with E-state index in [2.05, 4.69) is 168 Å². The number of carbonyl (C=O) groups is 7. The van der Waals surface area contributed by atoms with Gasteiger partial charge in [-0.05, 0) is 153 Å². The standard InChI is InChI=1S/C17H16N6O.C17H15N5O2.2C12H14N6O2.2C12H13N5O3.C12H13N5O2/c1-18-15-21-16(19-13-10-6-3-7-11-13)23-17(22-15)20-14(24)12-8-4-2-5-9-12;1-24-17-21-15(18-13-10-6-3-7-11-13)20-16(22-17)19-14(23)12-8-4-2-5-9-12;1-14-11-16-10(13)17-12(18-11)15-9(19)7-3-5-8(20-2)6-4-7;1-14-11-16-10(13)17-12(18-11)15-9(19)7-4-3-5-8(6-7)20-2;1-19-8-5-3-7(4-6-8)9(18)14-11-15-10(13)16-12(17-11)20-2;1-19-8-5-3-4-7(6-8)9(18)14-11-15-10(13)16-12(17-11)20-2;1-7-3-5-8(6-4-7)9(18)14-11-15-10(13)16-12(17-11)19-2/h2-11H,1H3,(H3,18,19,20,21,22,23,24);2-11H,1H3,(H2,18,19,20,21,22,23);2*3-6H,1-2H3,(H4,13,14,15,16,17,18,19);2*3-6H,1-2H3,(H3,13,14,15,16,17,18);3-6H,1-2H3,(H3,13,14,15,16,17,18). The summed E-state index contributed by atoms with van der Waals surface area (Å²) in [6, 6.07) is 70.6. The number of hydrogen-bond donors (Lipinski definition) is 17. The lowest BCUT2D eigenvalue weighted by molar-refractivity contribution is 0.101. The minimum absolute atomic E-state index is 0.0159. The van der Waals surface area contributed by atoms with E-state index < -0.39 is 5.91 Å². The molecule has 22 N–H and O–H groups in total. The van der Waals surface area contributed by atoms with Gasteiger partial charge in [0, 0.05) is 71.5 Å².